The molecule has 0 saturated carbocycles. The fourth-order valence-corrected chi connectivity index (χ4v) is 2.66. The van der Waals surface area contributed by atoms with Crippen molar-refractivity contribution in [3.8, 4) is 0 Å². The standard InChI is InChI=1S/C12H17N5O5/c1-15-4-17(11-8(20)7(19)5(3-18)22-11)9-6(15)10(21)16(2)12(13)14-9/h4-5,7-8,11,18-19H,3H2,1-2H3,(H2,13,14). The molecular weight excluding hydrogens is 294 g/mol. The van der Waals surface area contributed by atoms with E-state index in [9.17, 15) is 15.0 Å². The first-order valence-corrected chi connectivity index (χ1v) is 6.69. The van der Waals surface area contributed by atoms with Crippen LogP contribution in [0.4, 0.5) is 5.95 Å². The highest BCUT2D eigenvalue weighted by atomic mass is 16.6. The maximum Gasteiger partial charge on any atom is 0.313 e. The van der Waals surface area contributed by atoms with Crippen LogP contribution < -0.4 is 21.0 Å². The highest BCUT2D eigenvalue weighted by Crippen LogP contribution is 2.24. The lowest BCUT2D eigenvalue weighted by Gasteiger charge is -2.23. The van der Waals surface area contributed by atoms with Crippen molar-refractivity contribution in [1.29, 1.82) is 0 Å². The molecule has 0 aromatic carbocycles. The molecule has 0 spiro atoms. The van der Waals surface area contributed by atoms with Crippen molar-refractivity contribution in [3.63, 3.8) is 0 Å². The Balaban J connectivity index is 2.19. The molecule has 4 atom stereocenters. The van der Waals surface area contributed by atoms with Gasteiger partial charge in [0.15, 0.2) is 12.6 Å². The molecule has 0 aliphatic carbocycles. The Morgan fingerprint density at radius 3 is 2.82 bits per heavy atom. The predicted molar refractivity (Wildman–Crippen MR) is 71.4 cm³/mol. The molecule has 0 bridgehead atoms. The second-order valence-electron chi connectivity index (χ2n) is 5.34. The zero-order chi connectivity index (χ0) is 16.2. The van der Waals surface area contributed by atoms with Crippen molar-refractivity contribution in [3.05, 3.63) is 16.7 Å². The second kappa shape index (κ2) is 5.02. The van der Waals surface area contributed by atoms with E-state index in [2.05, 4.69) is 4.98 Å². The highest BCUT2D eigenvalue weighted by Gasteiger charge is 2.41. The fourth-order valence-electron chi connectivity index (χ4n) is 2.66. The zero-order valence-electron chi connectivity index (χ0n) is 12.1. The Hall–Kier alpha value is -2.01. The van der Waals surface area contributed by atoms with Gasteiger partial charge in [-0.1, -0.05) is 4.98 Å². The monoisotopic (exact) mass is 311 g/mol. The van der Waals surface area contributed by atoms with E-state index in [0.717, 1.165) is 0 Å². The third kappa shape index (κ3) is 1.92. The Morgan fingerprint density at radius 2 is 2.23 bits per heavy atom. The molecule has 4 unspecified atom stereocenters. The van der Waals surface area contributed by atoms with Crippen LogP contribution in [0.1, 0.15) is 6.23 Å². The fraction of sp³-hybridized carbons (Fsp3) is 0.583. The molecule has 10 nitrogen and oxygen atoms in total. The number of hydrogen-bond acceptors (Lipinski definition) is 7. The SMILES string of the molecule is Cn1c(N)nc2c(c1=O)n(C)c[n+]2C1OC(CO)C(O)C1[O-]. The zero-order valence-corrected chi connectivity index (χ0v) is 12.1. The van der Waals surface area contributed by atoms with Crippen LogP contribution in [0.5, 0.6) is 0 Å². The molecule has 1 aliphatic heterocycles. The number of aliphatic hydroxyl groups is 2. The van der Waals surface area contributed by atoms with Crippen molar-refractivity contribution < 1.29 is 24.6 Å². The van der Waals surface area contributed by atoms with Crippen LogP contribution in [0, 0.1) is 0 Å². The molecule has 120 valence electrons. The number of rotatable bonds is 2. The van der Waals surface area contributed by atoms with Crippen LogP contribution in [0.2, 0.25) is 0 Å². The quantitative estimate of drug-likeness (QED) is 0.481. The van der Waals surface area contributed by atoms with Crippen LogP contribution in [0.25, 0.3) is 11.2 Å². The molecule has 4 N–H and O–H groups in total. The maximum absolute atomic E-state index is 12.3. The third-order valence-electron chi connectivity index (χ3n) is 3.94. The molecule has 1 fully saturated rings. The third-order valence-corrected chi connectivity index (χ3v) is 3.94. The van der Waals surface area contributed by atoms with Crippen LogP contribution in [-0.2, 0) is 18.8 Å². The molecule has 2 aromatic heterocycles. The van der Waals surface area contributed by atoms with Gasteiger partial charge in [-0.25, -0.2) is 4.57 Å². The highest BCUT2D eigenvalue weighted by molar-refractivity contribution is 5.67. The predicted octanol–water partition coefficient (Wildman–Crippen LogP) is -3.88. The van der Waals surface area contributed by atoms with Gasteiger partial charge in [0.1, 0.15) is 6.10 Å². The summed E-state index contributed by atoms with van der Waals surface area (Å²) in [5, 5.41) is 31.1. The van der Waals surface area contributed by atoms with Crippen molar-refractivity contribution in [2.24, 2.45) is 14.1 Å². The minimum Gasteiger partial charge on any atom is -0.846 e. The first-order valence-electron chi connectivity index (χ1n) is 6.69. The molecule has 2 aromatic rings. The minimum atomic E-state index is -1.51. The number of nitrogens with zero attached hydrogens (tertiary/aromatic N) is 4. The second-order valence-corrected chi connectivity index (χ2v) is 5.34. The minimum absolute atomic E-state index is 0.00264. The molecule has 3 rings (SSSR count). The first kappa shape index (κ1) is 14.9. The molecular formula is C12H17N5O5. The lowest BCUT2D eigenvalue weighted by molar-refractivity contribution is -0.764. The smallest absolute Gasteiger partial charge is 0.313 e. The van der Waals surface area contributed by atoms with E-state index in [1.54, 1.807) is 7.05 Å². The van der Waals surface area contributed by atoms with Gasteiger partial charge in [0, 0.05) is 7.05 Å². The summed E-state index contributed by atoms with van der Waals surface area (Å²) in [6.45, 7) is -0.473. The van der Waals surface area contributed by atoms with Gasteiger partial charge in [-0.3, -0.25) is 13.9 Å². The average molecular weight is 311 g/mol. The Morgan fingerprint density at radius 1 is 1.55 bits per heavy atom. The van der Waals surface area contributed by atoms with Gasteiger partial charge in [-0.2, -0.15) is 0 Å². The summed E-state index contributed by atoms with van der Waals surface area (Å²) in [7, 11) is 3.13. The number of fused-ring (bicyclic) bond motifs is 1. The number of nitrogens with two attached hydrogens (primary N) is 1. The van der Waals surface area contributed by atoms with Gasteiger partial charge in [0.2, 0.25) is 5.52 Å². The summed E-state index contributed by atoms with van der Waals surface area (Å²) < 4.78 is 9.47. The number of aromatic nitrogens is 4. The van der Waals surface area contributed by atoms with E-state index < -0.39 is 31.1 Å². The summed E-state index contributed by atoms with van der Waals surface area (Å²) in [6.07, 6.45) is -3.43. The maximum atomic E-state index is 12.3. The molecule has 1 aliphatic rings. The largest absolute Gasteiger partial charge is 0.846 e. The summed E-state index contributed by atoms with van der Waals surface area (Å²) >= 11 is 0. The molecule has 1 saturated heterocycles. The first-order chi connectivity index (χ1) is 10.4. The number of nitrogen functional groups attached to an aromatic ring is 1. The van der Waals surface area contributed by atoms with E-state index in [0.29, 0.717) is 0 Å². The van der Waals surface area contributed by atoms with Crippen molar-refractivity contribution in [1.82, 2.24) is 14.1 Å². The van der Waals surface area contributed by atoms with Gasteiger partial charge in [-0.05, 0) is 6.10 Å². The number of anilines is 1. The number of hydrogen-bond donors (Lipinski definition) is 3. The van der Waals surface area contributed by atoms with E-state index in [4.69, 9.17) is 15.6 Å². The molecule has 22 heavy (non-hydrogen) atoms. The molecule has 3 heterocycles. The van der Waals surface area contributed by atoms with E-state index in [1.807, 2.05) is 0 Å². The van der Waals surface area contributed by atoms with Crippen LogP contribution in [-0.4, -0.2) is 49.3 Å². The Bertz CT molecular complexity index is 784. The summed E-state index contributed by atoms with van der Waals surface area (Å²) in [5.74, 6) is -0.00264. The van der Waals surface area contributed by atoms with E-state index in [1.165, 1.54) is 27.1 Å². The Kier molecular flexibility index (Phi) is 3.40. The number of imidazole rings is 1. The summed E-state index contributed by atoms with van der Waals surface area (Å²) in [4.78, 5) is 16.4. The van der Waals surface area contributed by atoms with E-state index >= 15 is 0 Å². The molecule has 0 amide bonds. The van der Waals surface area contributed by atoms with Crippen molar-refractivity contribution in [2.75, 3.05) is 12.3 Å². The van der Waals surface area contributed by atoms with Gasteiger partial charge < -0.3 is 25.8 Å². The van der Waals surface area contributed by atoms with Gasteiger partial charge in [0.05, 0.1) is 19.8 Å². The van der Waals surface area contributed by atoms with Gasteiger partial charge >= 0.3 is 11.2 Å². The number of aryl methyl sites for hydroxylation is 1. The average Bonchev–Trinajstić information content (AvgIpc) is 2.95. The van der Waals surface area contributed by atoms with Crippen molar-refractivity contribution >= 4 is 17.1 Å². The van der Waals surface area contributed by atoms with Crippen LogP contribution >= 0.6 is 0 Å². The van der Waals surface area contributed by atoms with Gasteiger partial charge in [0.25, 0.3) is 5.95 Å². The normalized spacial score (nSPS) is 28.6. The Labute approximate surface area is 124 Å². The van der Waals surface area contributed by atoms with Crippen LogP contribution in [0.15, 0.2) is 11.1 Å². The number of aliphatic hydroxyl groups excluding tert-OH is 2. The lowest BCUT2D eigenvalue weighted by atomic mass is 10.1. The van der Waals surface area contributed by atoms with Crippen LogP contribution in [0.3, 0.4) is 0 Å². The van der Waals surface area contributed by atoms with Gasteiger partial charge in [-0.15, -0.1) is 0 Å². The number of ether oxygens (including phenoxy) is 1. The lowest BCUT2D eigenvalue weighted by Crippen LogP contribution is -2.52. The molecule has 0 radical (unpaired) electrons. The van der Waals surface area contributed by atoms with Crippen molar-refractivity contribution in [2.45, 2.75) is 24.5 Å². The summed E-state index contributed by atoms with van der Waals surface area (Å²) in [6, 6.07) is 0. The molecule has 10 heteroatoms. The summed E-state index contributed by atoms with van der Waals surface area (Å²) in [5.41, 5.74) is 5.79. The topological polar surface area (TPSA) is 142 Å². The van der Waals surface area contributed by atoms with E-state index in [-0.39, 0.29) is 22.7 Å².